The number of anilines is 2. The van der Waals surface area contributed by atoms with Crippen LogP contribution in [0.5, 0.6) is 0 Å². The molecule has 1 unspecified atom stereocenters. The fourth-order valence-corrected chi connectivity index (χ4v) is 6.23. The largest absolute Gasteiger partial charge is 0.390 e. The molecule has 1 saturated heterocycles. The van der Waals surface area contributed by atoms with Crippen molar-refractivity contribution in [1.29, 1.82) is 0 Å². The van der Waals surface area contributed by atoms with Gasteiger partial charge in [0.2, 0.25) is 11.8 Å². The van der Waals surface area contributed by atoms with Crippen LogP contribution < -0.4 is 26.2 Å². The minimum Gasteiger partial charge on any atom is -0.390 e. The van der Waals surface area contributed by atoms with E-state index in [2.05, 4.69) is 21.3 Å². The Morgan fingerprint density at radius 3 is 2.28 bits per heavy atom. The van der Waals surface area contributed by atoms with Crippen LogP contribution in [0, 0.1) is 0 Å². The van der Waals surface area contributed by atoms with Gasteiger partial charge in [0, 0.05) is 49.0 Å². The Morgan fingerprint density at radius 1 is 0.913 bits per heavy atom. The molecule has 244 valence electrons. The van der Waals surface area contributed by atoms with Gasteiger partial charge in [-0.15, -0.1) is 0 Å². The van der Waals surface area contributed by atoms with Gasteiger partial charge in [0.1, 0.15) is 0 Å². The maximum absolute atomic E-state index is 13.9. The van der Waals surface area contributed by atoms with E-state index in [0.29, 0.717) is 37.2 Å². The van der Waals surface area contributed by atoms with Crippen molar-refractivity contribution < 1.29 is 19.5 Å². The summed E-state index contributed by atoms with van der Waals surface area (Å²) in [7, 11) is 0. The van der Waals surface area contributed by atoms with Gasteiger partial charge in [-0.05, 0) is 61.9 Å². The van der Waals surface area contributed by atoms with Crippen molar-refractivity contribution in [2.45, 2.75) is 89.1 Å². The van der Waals surface area contributed by atoms with E-state index in [1.54, 1.807) is 24.0 Å². The zero-order chi connectivity index (χ0) is 32.3. The molecule has 1 aliphatic carbocycles. The van der Waals surface area contributed by atoms with Crippen LogP contribution in [0.2, 0.25) is 0 Å². The van der Waals surface area contributed by atoms with E-state index in [-0.39, 0.29) is 30.3 Å². The number of carbonyl (C=O) groups is 3. The molecule has 3 atom stereocenters. The third-order valence-corrected chi connectivity index (χ3v) is 8.96. The van der Waals surface area contributed by atoms with Gasteiger partial charge in [0.15, 0.2) is 0 Å². The van der Waals surface area contributed by atoms with Crippen LogP contribution in [0.1, 0.15) is 73.4 Å². The highest BCUT2D eigenvalue weighted by atomic mass is 16.3. The second-order valence-corrected chi connectivity index (χ2v) is 12.6. The summed E-state index contributed by atoms with van der Waals surface area (Å²) in [6.07, 6.45) is 6.19. The predicted octanol–water partition coefficient (Wildman–Crippen LogP) is 4.55. The fraction of sp³-hybridized carbons (Fsp3) is 0.432. The molecule has 2 fully saturated rings. The Kier molecular flexibility index (Phi) is 11.8. The second-order valence-electron chi connectivity index (χ2n) is 12.6. The fourth-order valence-electron chi connectivity index (χ4n) is 6.23. The molecule has 2 aliphatic rings. The van der Waals surface area contributed by atoms with Crippen LogP contribution in [-0.4, -0.2) is 60.1 Å². The highest BCUT2D eigenvalue weighted by Crippen LogP contribution is 2.27. The number of aliphatic hydroxyl groups excluding tert-OH is 1. The molecule has 0 aromatic heterocycles. The molecule has 1 saturated carbocycles. The minimum absolute atomic E-state index is 0.0386. The highest BCUT2D eigenvalue weighted by molar-refractivity contribution is 6.00. The molecular formula is C37H47N5O4. The molecule has 0 bridgehead atoms. The van der Waals surface area contributed by atoms with Crippen molar-refractivity contribution >= 4 is 29.1 Å². The number of hydrogen-bond donors (Lipinski definition) is 5. The Labute approximate surface area is 272 Å². The Bertz CT molecular complexity index is 1440. The number of carbonyl (C=O) groups excluding carboxylic acids is 3. The summed E-state index contributed by atoms with van der Waals surface area (Å²) in [5.41, 5.74) is 3.86. The van der Waals surface area contributed by atoms with E-state index >= 15 is 0 Å². The topological polar surface area (TPSA) is 123 Å². The first-order valence-electron chi connectivity index (χ1n) is 16.7. The molecule has 9 heteroatoms. The van der Waals surface area contributed by atoms with Crippen LogP contribution in [-0.2, 0) is 22.6 Å². The number of aliphatic hydroxyl groups is 1. The SMILES string of the molecule is C[C@H](NC[C@@H](O)C(Cc1ccccc1)NC(=O)c1cc(NCc2ccccc2)cc(N2CCCC2=O)c1)C(=O)NC1CCCCC1. The third-order valence-electron chi connectivity index (χ3n) is 8.96. The van der Waals surface area contributed by atoms with Crippen molar-refractivity contribution in [2.75, 3.05) is 23.3 Å². The van der Waals surface area contributed by atoms with Gasteiger partial charge in [-0.2, -0.15) is 0 Å². The number of hydrogen-bond acceptors (Lipinski definition) is 6. The average molecular weight is 626 g/mol. The van der Waals surface area contributed by atoms with Gasteiger partial charge in [-0.3, -0.25) is 14.4 Å². The molecular weight excluding hydrogens is 578 g/mol. The van der Waals surface area contributed by atoms with Crippen molar-refractivity contribution in [3.63, 3.8) is 0 Å². The minimum atomic E-state index is -0.965. The summed E-state index contributed by atoms with van der Waals surface area (Å²) < 4.78 is 0. The van der Waals surface area contributed by atoms with E-state index in [9.17, 15) is 19.5 Å². The molecule has 5 N–H and O–H groups in total. The van der Waals surface area contributed by atoms with E-state index in [4.69, 9.17) is 0 Å². The lowest BCUT2D eigenvalue weighted by Gasteiger charge is -2.28. The normalized spacial score (nSPS) is 17.3. The first kappa shape index (κ1) is 33.2. The van der Waals surface area contributed by atoms with E-state index in [0.717, 1.165) is 48.9 Å². The van der Waals surface area contributed by atoms with E-state index < -0.39 is 18.2 Å². The highest BCUT2D eigenvalue weighted by Gasteiger charge is 2.27. The van der Waals surface area contributed by atoms with Crippen LogP contribution >= 0.6 is 0 Å². The molecule has 1 aliphatic heterocycles. The number of amides is 3. The molecule has 5 rings (SSSR count). The first-order valence-corrected chi connectivity index (χ1v) is 16.7. The van der Waals surface area contributed by atoms with Gasteiger partial charge in [0.25, 0.3) is 5.91 Å². The molecule has 46 heavy (non-hydrogen) atoms. The standard InChI is InChI=1S/C37H47N5O4/c1-26(36(45)40-30-16-9-4-10-17-30)38-25-34(43)33(20-27-12-5-2-6-13-27)41-37(46)29-21-31(39-24-28-14-7-3-8-15-28)23-32(22-29)42-19-11-18-35(42)44/h2-3,5-8,12-15,21-23,26,30,33-34,38-39,43H,4,9-11,16-20,24-25H2,1H3,(H,40,45)(H,41,46)/t26-,33?,34+/m0/s1. The van der Waals surface area contributed by atoms with E-state index in [1.807, 2.05) is 66.7 Å². The lowest BCUT2D eigenvalue weighted by molar-refractivity contribution is -0.123. The Balaban J connectivity index is 1.30. The summed E-state index contributed by atoms with van der Waals surface area (Å²) in [6, 6.07) is 24.2. The molecule has 0 radical (unpaired) electrons. The number of nitrogens with one attached hydrogen (secondary N) is 4. The van der Waals surface area contributed by atoms with Gasteiger partial charge >= 0.3 is 0 Å². The molecule has 3 aromatic rings. The summed E-state index contributed by atoms with van der Waals surface area (Å²) in [5.74, 6) is -0.387. The molecule has 3 aromatic carbocycles. The second kappa shape index (κ2) is 16.4. The quantitative estimate of drug-likeness (QED) is 0.179. The van der Waals surface area contributed by atoms with Crippen LogP contribution in [0.15, 0.2) is 78.9 Å². The van der Waals surface area contributed by atoms with E-state index in [1.165, 1.54) is 6.42 Å². The first-order chi connectivity index (χ1) is 22.4. The van der Waals surface area contributed by atoms with Crippen molar-refractivity contribution in [2.24, 2.45) is 0 Å². The number of rotatable bonds is 14. The Morgan fingerprint density at radius 2 is 1.61 bits per heavy atom. The zero-order valence-electron chi connectivity index (χ0n) is 26.7. The number of benzene rings is 3. The van der Waals surface area contributed by atoms with Gasteiger partial charge in [-0.25, -0.2) is 0 Å². The maximum atomic E-state index is 13.9. The zero-order valence-corrected chi connectivity index (χ0v) is 26.7. The maximum Gasteiger partial charge on any atom is 0.251 e. The number of nitrogens with zero attached hydrogens (tertiary/aromatic N) is 1. The Hall–Kier alpha value is -4.21. The summed E-state index contributed by atoms with van der Waals surface area (Å²) in [6.45, 7) is 3.09. The predicted molar refractivity (Wildman–Crippen MR) is 182 cm³/mol. The van der Waals surface area contributed by atoms with Gasteiger partial charge < -0.3 is 31.3 Å². The van der Waals surface area contributed by atoms with Crippen LogP contribution in [0.4, 0.5) is 11.4 Å². The third kappa shape index (κ3) is 9.40. The molecule has 1 heterocycles. The summed E-state index contributed by atoms with van der Waals surface area (Å²) in [4.78, 5) is 41.0. The average Bonchev–Trinajstić information content (AvgIpc) is 3.52. The monoisotopic (exact) mass is 625 g/mol. The molecule has 0 spiro atoms. The smallest absolute Gasteiger partial charge is 0.251 e. The van der Waals surface area contributed by atoms with Crippen LogP contribution in [0.3, 0.4) is 0 Å². The molecule has 9 nitrogen and oxygen atoms in total. The lowest BCUT2D eigenvalue weighted by atomic mass is 9.95. The lowest BCUT2D eigenvalue weighted by Crippen LogP contribution is -2.53. The van der Waals surface area contributed by atoms with Crippen molar-refractivity contribution in [3.8, 4) is 0 Å². The summed E-state index contributed by atoms with van der Waals surface area (Å²) >= 11 is 0. The van der Waals surface area contributed by atoms with Crippen molar-refractivity contribution in [3.05, 3.63) is 95.6 Å². The van der Waals surface area contributed by atoms with Gasteiger partial charge in [-0.1, -0.05) is 79.9 Å². The van der Waals surface area contributed by atoms with Gasteiger partial charge in [0.05, 0.1) is 18.2 Å². The summed E-state index contributed by atoms with van der Waals surface area (Å²) in [5, 5.41) is 24.2. The molecule has 3 amide bonds. The van der Waals surface area contributed by atoms with Crippen LogP contribution in [0.25, 0.3) is 0 Å². The van der Waals surface area contributed by atoms with Crippen molar-refractivity contribution in [1.82, 2.24) is 16.0 Å².